The fraction of sp³-hybridized carbons (Fsp3) is 0.450. The summed E-state index contributed by atoms with van der Waals surface area (Å²) in [7, 11) is -3.58. The number of rotatable bonds is 8. The molecule has 3 rings (SSSR count). The number of aryl methyl sites for hydroxylation is 1. The molecule has 1 N–H and O–H groups in total. The first-order valence-corrected chi connectivity index (χ1v) is 11.9. The van der Waals surface area contributed by atoms with Gasteiger partial charge in [0.15, 0.2) is 0 Å². The first-order valence-electron chi connectivity index (χ1n) is 9.57. The number of halogens is 2. The highest BCUT2D eigenvalue weighted by Crippen LogP contribution is 2.26. The molecule has 1 aromatic carbocycles. The lowest BCUT2D eigenvalue weighted by Crippen LogP contribution is -2.45. The highest BCUT2D eigenvalue weighted by Gasteiger charge is 2.32. The van der Waals surface area contributed by atoms with Crippen LogP contribution in [0.5, 0.6) is 0 Å². The van der Waals surface area contributed by atoms with Crippen LogP contribution in [0.25, 0.3) is 0 Å². The van der Waals surface area contributed by atoms with Crippen molar-refractivity contribution < 1.29 is 17.6 Å². The van der Waals surface area contributed by atoms with Crippen molar-refractivity contribution in [2.45, 2.75) is 31.4 Å². The highest BCUT2D eigenvalue weighted by molar-refractivity contribution is 7.88. The van der Waals surface area contributed by atoms with E-state index in [2.05, 4.69) is 5.32 Å². The third-order valence-corrected chi connectivity index (χ3v) is 7.36. The number of nitrogens with one attached hydrogen (secondary N) is 1. The Hall–Kier alpha value is -1.54. The predicted octanol–water partition coefficient (Wildman–Crippen LogP) is 3.88. The van der Waals surface area contributed by atoms with E-state index in [1.165, 1.54) is 10.4 Å². The van der Waals surface area contributed by atoms with Gasteiger partial charge in [0, 0.05) is 36.1 Å². The van der Waals surface area contributed by atoms with Gasteiger partial charge in [-0.2, -0.15) is 0 Å². The minimum atomic E-state index is -3.58. The van der Waals surface area contributed by atoms with Crippen LogP contribution in [-0.4, -0.2) is 38.3 Å². The van der Waals surface area contributed by atoms with Crippen LogP contribution in [0, 0.1) is 5.92 Å². The van der Waals surface area contributed by atoms with Crippen molar-refractivity contribution >= 4 is 39.1 Å². The molecule has 0 spiro atoms. The minimum Gasteiger partial charge on any atom is -0.469 e. The maximum Gasteiger partial charge on any atom is 0.224 e. The van der Waals surface area contributed by atoms with E-state index in [1.54, 1.807) is 18.4 Å². The molecular formula is C20H24Cl2N2O4S. The number of carbonyl (C=O) groups excluding carboxylic acids is 1. The standard InChI is InChI=1S/C20H24Cl2N2O4S/c21-17-8-7-16(19(22)12-17)14-29(26,27)24-10-2-4-15(13-24)20(25)23-9-1-5-18-6-3-11-28-18/h3,6-8,11-12,15H,1-2,4-5,9-10,13-14H2,(H,23,25). The van der Waals surface area contributed by atoms with Crippen molar-refractivity contribution in [3.63, 3.8) is 0 Å². The van der Waals surface area contributed by atoms with Gasteiger partial charge in [-0.3, -0.25) is 4.79 Å². The van der Waals surface area contributed by atoms with Crippen LogP contribution in [0.2, 0.25) is 10.0 Å². The average Bonchev–Trinajstić information content (AvgIpc) is 3.21. The second-order valence-corrected chi connectivity index (χ2v) is 9.98. The SMILES string of the molecule is O=C(NCCCc1ccco1)C1CCCN(S(=O)(=O)Cc2ccc(Cl)cc2Cl)C1. The second kappa shape index (κ2) is 9.98. The molecule has 1 aromatic heterocycles. The van der Waals surface area contributed by atoms with Gasteiger partial charge in [-0.1, -0.05) is 29.3 Å². The number of carbonyl (C=O) groups is 1. The average molecular weight is 459 g/mol. The molecule has 1 saturated heterocycles. The van der Waals surface area contributed by atoms with Crippen molar-refractivity contribution in [2.24, 2.45) is 5.92 Å². The number of nitrogens with zero attached hydrogens (tertiary/aromatic N) is 1. The maximum absolute atomic E-state index is 12.8. The molecule has 2 aromatic rings. The topological polar surface area (TPSA) is 79.6 Å². The molecule has 158 valence electrons. The molecule has 1 aliphatic rings. The van der Waals surface area contributed by atoms with E-state index >= 15 is 0 Å². The third-order valence-electron chi connectivity index (χ3n) is 4.98. The fourth-order valence-electron chi connectivity index (χ4n) is 3.41. The number of piperidine rings is 1. The molecule has 1 amide bonds. The van der Waals surface area contributed by atoms with Gasteiger partial charge < -0.3 is 9.73 Å². The zero-order valence-electron chi connectivity index (χ0n) is 15.9. The van der Waals surface area contributed by atoms with Crippen LogP contribution in [-0.2, 0) is 27.0 Å². The summed E-state index contributed by atoms with van der Waals surface area (Å²) in [5.74, 6) is 0.229. The van der Waals surface area contributed by atoms with Gasteiger partial charge in [0.2, 0.25) is 15.9 Å². The molecule has 0 bridgehead atoms. The Morgan fingerprint density at radius 1 is 1.28 bits per heavy atom. The van der Waals surface area contributed by atoms with Gasteiger partial charge in [0.25, 0.3) is 0 Å². The van der Waals surface area contributed by atoms with Crippen molar-refractivity contribution in [2.75, 3.05) is 19.6 Å². The van der Waals surface area contributed by atoms with E-state index in [1.807, 2.05) is 12.1 Å². The molecule has 1 unspecified atom stereocenters. The molecule has 0 aliphatic carbocycles. The van der Waals surface area contributed by atoms with Gasteiger partial charge >= 0.3 is 0 Å². The van der Waals surface area contributed by atoms with E-state index < -0.39 is 10.0 Å². The van der Waals surface area contributed by atoms with Crippen molar-refractivity contribution in [3.05, 3.63) is 58.0 Å². The zero-order chi connectivity index (χ0) is 20.9. The maximum atomic E-state index is 12.8. The number of furan rings is 1. The predicted molar refractivity (Wildman–Crippen MR) is 113 cm³/mol. The van der Waals surface area contributed by atoms with E-state index in [-0.39, 0.29) is 24.1 Å². The molecule has 1 aliphatic heterocycles. The summed E-state index contributed by atoms with van der Waals surface area (Å²) in [5.41, 5.74) is 0.501. The van der Waals surface area contributed by atoms with Gasteiger partial charge in [0.1, 0.15) is 5.76 Å². The van der Waals surface area contributed by atoms with Crippen LogP contribution in [0.3, 0.4) is 0 Å². The van der Waals surface area contributed by atoms with Gasteiger partial charge in [-0.25, -0.2) is 12.7 Å². The van der Waals surface area contributed by atoms with Gasteiger partial charge in [-0.15, -0.1) is 0 Å². The number of sulfonamides is 1. The lowest BCUT2D eigenvalue weighted by molar-refractivity contribution is -0.126. The van der Waals surface area contributed by atoms with Gasteiger partial charge in [0.05, 0.1) is 17.9 Å². The Bertz CT molecular complexity index is 932. The Morgan fingerprint density at radius 2 is 2.10 bits per heavy atom. The minimum absolute atomic E-state index is 0.103. The van der Waals surface area contributed by atoms with Crippen LogP contribution in [0.1, 0.15) is 30.6 Å². The number of hydrogen-bond donors (Lipinski definition) is 1. The number of benzene rings is 1. The number of amides is 1. The summed E-state index contributed by atoms with van der Waals surface area (Å²) < 4.78 is 32.4. The summed E-state index contributed by atoms with van der Waals surface area (Å²) in [5, 5.41) is 3.69. The second-order valence-electron chi connectivity index (χ2n) is 7.16. The molecule has 29 heavy (non-hydrogen) atoms. The monoisotopic (exact) mass is 458 g/mol. The quantitative estimate of drug-likeness (QED) is 0.608. The lowest BCUT2D eigenvalue weighted by Gasteiger charge is -2.31. The Kier molecular flexibility index (Phi) is 7.62. The molecular weight excluding hydrogens is 435 g/mol. The normalized spacial score (nSPS) is 17.9. The third kappa shape index (κ3) is 6.22. The first-order chi connectivity index (χ1) is 13.8. The lowest BCUT2D eigenvalue weighted by atomic mass is 9.99. The molecule has 0 radical (unpaired) electrons. The summed E-state index contributed by atoms with van der Waals surface area (Å²) in [6.45, 7) is 1.14. The van der Waals surface area contributed by atoms with Crippen molar-refractivity contribution in [3.8, 4) is 0 Å². The van der Waals surface area contributed by atoms with E-state index in [9.17, 15) is 13.2 Å². The zero-order valence-corrected chi connectivity index (χ0v) is 18.3. The number of hydrogen-bond acceptors (Lipinski definition) is 4. The highest BCUT2D eigenvalue weighted by atomic mass is 35.5. The molecule has 6 nitrogen and oxygen atoms in total. The fourth-order valence-corrected chi connectivity index (χ4v) is 5.61. The van der Waals surface area contributed by atoms with E-state index in [4.69, 9.17) is 27.6 Å². The van der Waals surface area contributed by atoms with Gasteiger partial charge in [-0.05, 0) is 49.1 Å². The Balaban J connectivity index is 1.52. The summed E-state index contributed by atoms with van der Waals surface area (Å²) in [6, 6.07) is 8.51. The van der Waals surface area contributed by atoms with Crippen molar-refractivity contribution in [1.29, 1.82) is 0 Å². The summed E-state index contributed by atoms with van der Waals surface area (Å²) in [4.78, 5) is 12.5. The molecule has 9 heteroatoms. The molecule has 2 heterocycles. The van der Waals surface area contributed by atoms with Crippen LogP contribution in [0.15, 0.2) is 41.0 Å². The van der Waals surface area contributed by atoms with E-state index in [0.29, 0.717) is 41.5 Å². The smallest absolute Gasteiger partial charge is 0.224 e. The van der Waals surface area contributed by atoms with Crippen LogP contribution >= 0.6 is 23.2 Å². The van der Waals surface area contributed by atoms with Crippen LogP contribution in [0.4, 0.5) is 0 Å². The summed E-state index contributed by atoms with van der Waals surface area (Å²) in [6.07, 6.45) is 4.47. The van der Waals surface area contributed by atoms with Crippen molar-refractivity contribution in [1.82, 2.24) is 9.62 Å². The summed E-state index contributed by atoms with van der Waals surface area (Å²) >= 11 is 12.0. The first kappa shape index (κ1) is 22.2. The Labute approximate surface area is 181 Å². The largest absolute Gasteiger partial charge is 0.469 e. The molecule has 0 saturated carbocycles. The molecule has 1 atom stereocenters. The molecule has 1 fully saturated rings. The Morgan fingerprint density at radius 3 is 2.83 bits per heavy atom. The van der Waals surface area contributed by atoms with E-state index in [0.717, 1.165) is 18.6 Å². The van der Waals surface area contributed by atoms with Crippen LogP contribution < -0.4 is 5.32 Å².